The highest BCUT2D eigenvalue weighted by molar-refractivity contribution is 7.22. The molecular weight excluding hydrogens is 499 g/mol. The quantitative estimate of drug-likeness (QED) is 0.278. The molecule has 0 spiro atoms. The fourth-order valence-electron chi connectivity index (χ4n) is 4.36. The zero-order chi connectivity index (χ0) is 24.2. The van der Waals surface area contributed by atoms with E-state index in [1.807, 2.05) is 71.6 Å². The van der Waals surface area contributed by atoms with Gasteiger partial charge >= 0.3 is 0 Å². The van der Waals surface area contributed by atoms with Crippen molar-refractivity contribution in [2.45, 2.75) is 6.42 Å². The summed E-state index contributed by atoms with van der Waals surface area (Å²) >= 11 is 13.8. The molecule has 4 aromatic rings. The number of hydrogen-bond donors (Lipinski definition) is 0. The molecule has 0 aliphatic carbocycles. The minimum atomic E-state index is -0.00547. The first-order valence-electron chi connectivity index (χ1n) is 11.7. The molecule has 1 aliphatic heterocycles. The second-order valence-corrected chi connectivity index (χ2v) is 10.4. The van der Waals surface area contributed by atoms with Gasteiger partial charge in [-0.15, -0.1) is 0 Å². The summed E-state index contributed by atoms with van der Waals surface area (Å²) in [5, 5.41) is 1.92. The number of aromatic nitrogens is 1. The zero-order valence-corrected chi connectivity index (χ0v) is 21.6. The van der Waals surface area contributed by atoms with Gasteiger partial charge in [-0.2, -0.15) is 0 Å². The third-order valence-electron chi connectivity index (χ3n) is 6.28. The summed E-state index contributed by atoms with van der Waals surface area (Å²) < 4.78 is 1.09. The van der Waals surface area contributed by atoms with Crippen molar-refractivity contribution in [2.24, 2.45) is 0 Å². The van der Waals surface area contributed by atoms with Crippen LogP contribution in [0.15, 0.2) is 72.8 Å². The average Bonchev–Trinajstić information content (AvgIpc) is 3.33. The van der Waals surface area contributed by atoms with Crippen molar-refractivity contribution in [3.05, 3.63) is 88.4 Å². The highest BCUT2D eigenvalue weighted by Gasteiger charge is 2.22. The Bertz CT molecular complexity index is 1270. The number of benzene rings is 3. The Kier molecular flexibility index (Phi) is 7.54. The van der Waals surface area contributed by atoms with Crippen LogP contribution in [0.4, 0.5) is 10.8 Å². The van der Waals surface area contributed by atoms with Crippen LogP contribution in [0.2, 0.25) is 10.0 Å². The van der Waals surface area contributed by atoms with Gasteiger partial charge in [0.1, 0.15) is 0 Å². The number of hydrogen-bond acceptors (Lipinski definition) is 5. The van der Waals surface area contributed by atoms with Crippen molar-refractivity contribution < 1.29 is 4.79 Å². The minimum Gasteiger partial charge on any atom is -0.369 e. The molecule has 1 amide bonds. The lowest BCUT2D eigenvalue weighted by atomic mass is 10.2. The van der Waals surface area contributed by atoms with Gasteiger partial charge in [0.15, 0.2) is 5.13 Å². The van der Waals surface area contributed by atoms with Crippen LogP contribution in [0.5, 0.6) is 0 Å². The van der Waals surface area contributed by atoms with E-state index < -0.39 is 0 Å². The van der Waals surface area contributed by atoms with Crippen molar-refractivity contribution in [2.75, 3.05) is 49.1 Å². The van der Waals surface area contributed by atoms with Crippen LogP contribution >= 0.6 is 34.5 Å². The van der Waals surface area contributed by atoms with Gasteiger partial charge < -0.3 is 4.90 Å². The van der Waals surface area contributed by atoms with Gasteiger partial charge in [-0.1, -0.05) is 64.9 Å². The Labute approximate surface area is 219 Å². The van der Waals surface area contributed by atoms with Gasteiger partial charge in [0.2, 0.25) is 0 Å². The van der Waals surface area contributed by atoms with Gasteiger partial charge in [-0.3, -0.25) is 14.6 Å². The molecular formula is C27H26Cl2N4OS. The number of carbonyl (C=O) groups excluding carboxylic acids is 1. The van der Waals surface area contributed by atoms with E-state index in [0.717, 1.165) is 60.2 Å². The summed E-state index contributed by atoms with van der Waals surface area (Å²) in [4.78, 5) is 24.8. The Balaban J connectivity index is 1.22. The lowest BCUT2D eigenvalue weighted by Gasteiger charge is -2.36. The normalized spacial score (nSPS) is 14.4. The van der Waals surface area contributed by atoms with Crippen LogP contribution in [0, 0.1) is 0 Å². The second kappa shape index (κ2) is 11.0. The molecule has 1 aromatic heterocycles. The van der Waals surface area contributed by atoms with E-state index in [4.69, 9.17) is 28.2 Å². The molecule has 35 heavy (non-hydrogen) atoms. The number of piperazine rings is 1. The molecule has 2 heterocycles. The molecule has 0 radical (unpaired) electrons. The predicted octanol–water partition coefficient (Wildman–Crippen LogP) is 6.46. The number of anilines is 2. The molecule has 1 fully saturated rings. The van der Waals surface area contributed by atoms with E-state index in [9.17, 15) is 4.79 Å². The summed E-state index contributed by atoms with van der Waals surface area (Å²) in [7, 11) is 0. The van der Waals surface area contributed by atoms with Crippen molar-refractivity contribution in [1.29, 1.82) is 0 Å². The Morgan fingerprint density at radius 1 is 0.914 bits per heavy atom. The largest absolute Gasteiger partial charge is 0.369 e. The smallest absolute Gasteiger partial charge is 0.260 e. The third-order valence-corrected chi connectivity index (χ3v) is 8.07. The first-order valence-corrected chi connectivity index (χ1v) is 13.3. The van der Waals surface area contributed by atoms with Crippen molar-refractivity contribution in [3.63, 3.8) is 0 Å². The number of para-hydroxylation sites is 1. The van der Waals surface area contributed by atoms with Crippen LogP contribution in [0.25, 0.3) is 10.2 Å². The molecule has 8 heteroatoms. The SMILES string of the molecule is O=C(c1ccccc1)N(CCCN1CCN(c2ccc(Cl)c(Cl)c2)CC1)c1nc2ccccc2s1. The number of thiazole rings is 1. The first-order chi connectivity index (χ1) is 17.1. The summed E-state index contributed by atoms with van der Waals surface area (Å²) in [6.07, 6.45) is 0.876. The molecule has 0 saturated carbocycles. The van der Waals surface area contributed by atoms with Gasteiger partial charge in [-0.25, -0.2) is 4.98 Å². The molecule has 5 rings (SSSR count). The van der Waals surface area contributed by atoms with E-state index >= 15 is 0 Å². The highest BCUT2D eigenvalue weighted by atomic mass is 35.5. The Morgan fingerprint density at radius 3 is 2.40 bits per heavy atom. The molecule has 180 valence electrons. The van der Waals surface area contributed by atoms with E-state index in [2.05, 4.69) is 15.9 Å². The number of nitrogens with zero attached hydrogens (tertiary/aromatic N) is 4. The number of amides is 1. The highest BCUT2D eigenvalue weighted by Crippen LogP contribution is 2.30. The van der Waals surface area contributed by atoms with Crippen molar-refractivity contribution in [3.8, 4) is 0 Å². The Hall–Kier alpha value is -2.64. The lowest BCUT2D eigenvalue weighted by molar-refractivity contribution is 0.0985. The molecule has 0 bridgehead atoms. The maximum absolute atomic E-state index is 13.4. The molecule has 0 atom stereocenters. The van der Waals surface area contributed by atoms with Gasteiger partial charge in [0, 0.05) is 44.0 Å². The summed E-state index contributed by atoms with van der Waals surface area (Å²) in [6, 6.07) is 23.3. The summed E-state index contributed by atoms with van der Waals surface area (Å²) in [5.74, 6) is -0.00547. The van der Waals surface area contributed by atoms with E-state index in [-0.39, 0.29) is 5.91 Å². The van der Waals surface area contributed by atoms with Crippen LogP contribution in [0.1, 0.15) is 16.8 Å². The van der Waals surface area contributed by atoms with Gasteiger partial charge in [-0.05, 0) is 55.4 Å². The molecule has 0 unspecified atom stereocenters. The van der Waals surface area contributed by atoms with Crippen molar-refractivity contribution in [1.82, 2.24) is 9.88 Å². The van der Waals surface area contributed by atoms with Gasteiger partial charge in [0.05, 0.1) is 20.3 Å². The minimum absolute atomic E-state index is 0.00547. The van der Waals surface area contributed by atoms with Crippen LogP contribution in [-0.4, -0.2) is 55.1 Å². The molecule has 0 N–H and O–H groups in total. The maximum atomic E-state index is 13.4. The standard InChI is InChI=1S/C27H26Cl2N4OS/c28-22-12-11-21(19-23(22)29)32-17-15-31(16-18-32)13-6-14-33(26(34)20-7-2-1-3-8-20)27-30-24-9-4-5-10-25(24)35-27/h1-5,7-12,19H,6,13-18H2. The van der Waals surface area contributed by atoms with Gasteiger partial charge in [0.25, 0.3) is 5.91 Å². The third kappa shape index (κ3) is 5.62. The Morgan fingerprint density at radius 2 is 1.66 bits per heavy atom. The van der Waals surface area contributed by atoms with Crippen LogP contribution < -0.4 is 9.80 Å². The van der Waals surface area contributed by atoms with E-state index in [1.54, 1.807) is 11.3 Å². The second-order valence-electron chi connectivity index (χ2n) is 8.57. The monoisotopic (exact) mass is 524 g/mol. The number of fused-ring (bicyclic) bond motifs is 1. The number of halogens is 2. The fraction of sp³-hybridized carbons (Fsp3) is 0.259. The molecule has 3 aromatic carbocycles. The predicted molar refractivity (Wildman–Crippen MR) is 147 cm³/mol. The zero-order valence-electron chi connectivity index (χ0n) is 19.2. The van der Waals surface area contributed by atoms with Crippen molar-refractivity contribution >= 4 is 61.5 Å². The lowest BCUT2D eigenvalue weighted by Crippen LogP contribution is -2.47. The molecule has 1 aliphatic rings. The average molecular weight is 526 g/mol. The first kappa shape index (κ1) is 24.1. The summed E-state index contributed by atoms with van der Waals surface area (Å²) in [5.41, 5.74) is 2.72. The fourth-order valence-corrected chi connectivity index (χ4v) is 5.64. The van der Waals surface area contributed by atoms with E-state index in [1.165, 1.54) is 0 Å². The van der Waals surface area contributed by atoms with Crippen LogP contribution in [0.3, 0.4) is 0 Å². The number of carbonyl (C=O) groups is 1. The van der Waals surface area contributed by atoms with E-state index in [0.29, 0.717) is 22.2 Å². The molecule has 5 nitrogen and oxygen atoms in total. The maximum Gasteiger partial charge on any atom is 0.260 e. The number of rotatable bonds is 7. The summed E-state index contributed by atoms with van der Waals surface area (Å²) in [6.45, 7) is 5.35. The topological polar surface area (TPSA) is 39.7 Å². The molecule has 1 saturated heterocycles. The van der Waals surface area contributed by atoms with Crippen LogP contribution in [-0.2, 0) is 0 Å².